The summed E-state index contributed by atoms with van der Waals surface area (Å²) >= 11 is 4.81. The largest absolute Gasteiger partial charge is 0.354 e. The van der Waals surface area contributed by atoms with Crippen LogP contribution in [-0.4, -0.2) is 35.1 Å². The van der Waals surface area contributed by atoms with Crippen molar-refractivity contribution >= 4 is 39.5 Å². The Hall–Kier alpha value is -2.64. The van der Waals surface area contributed by atoms with Crippen molar-refractivity contribution in [3.63, 3.8) is 0 Å². The maximum absolute atomic E-state index is 14.1. The molecule has 0 aromatic heterocycles. The minimum absolute atomic E-state index is 0.146. The predicted octanol–water partition coefficient (Wildman–Crippen LogP) is 6.23. The van der Waals surface area contributed by atoms with E-state index in [1.807, 2.05) is 68.4 Å². The first-order valence-corrected chi connectivity index (χ1v) is 13.9. The van der Waals surface area contributed by atoms with E-state index in [1.54, 1.807) is 23.1 Å². The molecule has 0 aliphatic carbocycles. The van der Waals surface area contributed by atoms with E-state index >= 15 is 0 Å². The minimum atomic E-state index is -0.670. The lowest BCUT2D eigenvalue weighted by Gasteiger charge is -2.32. The Bertz CT molecular complexity index is 1130. The first kappa shape index (κ1) is 27.9. The molecule has 1 N–H and O–H groups in total. The quantitative estimate of drug-likeness (QED) is 0.280. The molecule has 2 amide bonds. The molecular weight excluding hydrogens is 539 g/mol. The smallest absolute Gasteiger partial charge is 0.243 e. The molecule has 0 fully saturated rings. The molecule has 1 atom stereocenters. The average Bonchev–Trinajstić information content (AvgIpc) is 2.87. The fourth-order valence-electron chi connectivity index (χ4n) is 3.71. The van der Waals surface area contributed by atoms with E-state index < -0.39 is 6.04 Å². The maximum atomic E-state index is 14.1. The molecule has 0 heterocycles. The van der Waals surface area contributed by atoms with Gasteiger partial charge in [-0.1, -0.05) is 90.4 Å². The van der Waals surface area contributed by atoms with Crippen LogP contribution in [0.2, 0.25) is 0 Å². The molecule has 0 unspecified atom stereocenters. The Morgan fingerprint density at radius 2 is 1.61 bits per heavy atom. The number of nitrogens with one attached hydrogen (secondary N) is 1. The van der Waals surface area contributed by atoms with Gasteiger partial charge in [0.1, 0.15) is 11.9 Å². The summed E-state index contributed by atoms with van der Waals surface area (Å²) in [6.07, 6.45) is 0.408. The Morgan fingerprint density at radius 3 is 2.28 bits per heavy atom. The Kier molecular flexibility index (Phi) is 11.0. The fourth-order valence-corrected chi connectivity index (χ4v) is 4.87. The third-order valence-corrected chi connectivity index (χ3v) is 7.16. The van der Waals surface area contributed by atoms with Gasteiger partial charge in [-0.3, -0.25) is 9.59 Å². The van der Waals surface area contributed by atoms with Crippen LogP contribution in [0.4, 0.5) is 4.39 Å². The number of carbonyl (C=O) groups excluding carboxylic acids is 2. The molecule has 3 aromatic carbocycles. The third-order valence-electron chi connectivity index (χ3n) is 5.66. The first-order valence-electron chi connectivity index (χ1n) is 12.0. The molecule has 7 heteroatoms. The molecule has 190 valence electrons. The lowest BCUT2D eigenvalue weighted by Crippen LogP contribution is -2.51. The molecule has 36 heavy (non-hydrogen) atoms. The van der Waals surface area contributed by atoms with E-state index in [2.05, 4.69) is 21.2 Å². The number of benzene rings is 3. The van der Waals surface area contributed by atoms with E-state index in [0.29, 0.717) is 36.7 Å². The van der Waals surface area contributed by atoms with Crippen molar-refractivity contribution in [3.8, 4) is 0 Å². The molecule has 0 bridgehead atoms. The van der Waals surface area contributed by atoms with Gasteiger partial charge in [-0.15, -0.1) is 11.8 Å². The second-order valence-electron chi connectivity index (χ2n) is 9.08. The molecule has 0 spiro atoms. The second kappa shape index (κ2) is 14.2. The van der Waals surface area contributed by atoms with Gasteiger partial charge in [-0.2, -0.15) is 0 Å². The molecule has 3 aromatic rings. The van der Waals surface area contributed by atoms with Crippen molar-refractivity contribution < 1.29 is 14.0 Å². The highest BCUT2D eigenvalue weighted by Crippen LogP contribution is 2.20. The Balaban J connectivity index is 1.84. The summed E-state index contributed by atoms with van der Waals surface area (Å²) in [4.78, 5) is 28.7. The third kappa shape index (κ3) is 8.79. The lowest BCUT2D eigenvalue weighted by atomic mass is 10.0. The average molecular weight is 572 g/mol. The van der Waals surface area contributed by atoms with Gasteiger partial charge >= 0.3 is 0 Å². The minimum Gasteiger partial charge on any atom is -0.354 e. The molecule has 3 rings (SSSR count). The predicted molar refractivity (Wildman–Crippen MR) is 149 cm³/mol. The summed E-state index contributed by atoms with van der Waals surface area (Å²) in [6.45, 7) is 4.92. The van der Waals surface area contributed by atoms with Gasteiger partial charge in [0.2, 0.25) is 11.8 Å². The van der Waals surface area contributed by atoms with Gasteiger partial charge in [-0.25, -0.2) is 4.39 Å². The molecule has 0 aliphatic rings. The van der Waals surface area contributed by atoms with Crippen LogP contribution in [0.15, 0.2) is 83.3 Å². The topological polar surface area (TPSA) is 49.4 Å². The van der Waals surface area contributed by atoms with Crippen LogP contribution in [0.3, 0.4) is 0 Å². The van der Waals surface area contributed by atoms with Crippen LogP contribution in [0, 0.1) is 11.7 Å². The van der Waals surface area contributed by atoms with Crippen LogP contribution < -0.4 is 5.32 Å². The zero-order chi connectivity index (χ0) is 25.9. The summed E-state index contributed by atoms with van der Waals surface area (Å²) in [5.74, 6) is 0.218. The summed E-state index contributed by atoms with van der Waals surface area (Å²) in [5.41, 5.74) is 2.47. The van der Waals surface area contributed by atoms with Crippen LogP contribution in [0.5, 0.6) is 0 Å². The highest BCUT2D eigenvalue weighted by molar-refractivity contribution is 9.10. The summed E-state index contributed by atoms with van der Waals surface area (Å²) in [7, 11) is 0. The zero-order valence-electron chi connectivity index (χ0n) is 20.6. The van der Waals surface area contributed by atoms with Crippen molar-refractivity contribution in [3.05, 3.63) is 106 Å². The Morgan fingerprint density at radius 1 is 0.944 bits per heavy atom. The van der Waals surface area contributed by atoms with Gasteiger partial charge < -0.3 is 10.2 Å². The zero-order valence-corrected chi connectivity index (χ0v) is 23.0. The summed E-state index contributed by atoms with van der Waals surface area (Å²) < 4.78 is 15.0. The summed E-state index contributed by atoms with van der Waals surface area (Å²) in [5, 5.41) is 3.03. The van der Waals surface area contributed by atoms with Crippen molar-refractivity contribution in [2.24, 2.45) is 5.92 Å². The van der Waals surface area contributed by atoms with Crippen LogP contribution in [0.1, 0.15) is 30.5 Å². The van der Waals surface area contributed by atoms with Crippen molar-refractivity contribution in [2.75, 3.05) is 12.3 Å². The fraction of sp³-hybridized carbons (Fsp3) is 0.310. The molecule has 0 saturated carbocycles. The van der Waals surface area contributed by atoms with Gasteiger partial charge in [-0.05, 0) is 40.8 Å². The van der Waals surface area contributed by atoms with Gasteiger partial charge in [0.15, 0.2) is 0 Å². The van der Waals surface area contributed by atoms with E-state index in [4.69, 9.17) is 0 Å². The monoisotopic (exact) mass is 570 g/mol. The molecular formula is C29H32BrFN2O2S. The summed E-state index contributed by atoms with van der Waals surface area (Å²) in [6, 6.07) is 23.4. The number of nitrogens with zero attached hydrogens (tertiary/aromatic N) is 1. The Labute approximate surface area is 225 Å². The second-order valence-corrected chi connectivity index (χ2v) is 11.0. The van der Waals surface area contributed by atoms with Gasteiger partial charge in [0.25, 0.3) is 0 Å². The molecule has 0 saturated heterocycles. The van der Waals surface area contributed by atoms with Crippen molar-refractivity contribution in [2.45, 2.75) is 38.6 Å². The number of amides is 2. The number of hydrogen-bond acceptors (Lipinski definition) is 3. The van der Waals surface area contributed by atoms with E-state index in [0.717, 1.165) is 15.6 Å². The van der Waals surface area contributed by atoms with Gasteiger partial charge in [0.05, 0.1) is 5.75 Å². The molecule has 0 aliphatic heterocycles. The highest BCUT2D eigenvalue weighted by Gasteiger charge is 2.30. The van der Waals surface area contributed by atoms with Crippen LogP contribution in [-0.2, 0) is 28.3 Å². The SMILES string of the molecule is CC(C)CNC(=O)[C@@H](Cc1ccccc1)N(Cc1ccc(Br)cc1)C(=O)CSCc1ccccc1F. The van der Waals surface area contributed by atoms with Crippen molar-refractivity contribution in [1.82, 2.24) is 10.2 Å². The number of rotatable bonds is 12. The maximum Gasteiger partial charge on any atom is 0.243 e. The number of thioether (sulfide) groups is 1. The van der Waals surface area contributed by atoms with Crippen LogP contribution >= 0.6 is 27.7 Å². The van der Waals surface area contributed by atoms with E-state index in [-0.39, 0.29) is 23.4 Å². The van der Waals surface area contributed by atoms with Crippen LogP contribution in [0.25, 0.3) is 0 Å². The number of hydrogen-bond donors (Lipinski definition) is 1. The first-order chi connectivity index (χ1) is 17.3. The van der Waals surface area contributed by atoms with Gasteiger partial charge in [0, 0.05) is 29.7 Å². The molecule has 0 radical (unpaired) electrons. The van der Waals surface area contributed by atoms with E-state index in [9.17, 15) is 14.0 Å². The molecule has 4 nitrogen and oxygen atoms in total. The normalized spacial score (nSPS) is 11.8. The number of carbonyl (C=O) groups is 2. The van der Waals surface area contributed by atoms with Crippen molar-refractivity contribution in [1.29, 1.82) is 0 Å². The lowest BCUT2D eigenvalue weighted by molar-refractivity contribution is -0.139. The van der Waals surface area contributed by atoms with E-state index in [1.165, 1.54) is 17.8 Å². The highest BCUT2D eigenvalue weighted by atomic mass is 79.9. The standard InChI is InChI=1S/C29H32BrFN2O2S/c1-21(2)17-32-29(35)27(16-22-8-4-3-5-9-22)33(18-23-12-14-25(30)15-13-23)28(34)20-36-19-24-10-6-7-11-26(24)31/h3-15,21,27H,16-20H2,1-2H3,(H,32,35)/t27-/m1/s1. The number of halogens is 2.